The van der Waals surface area contributed by atoms with Crippen LogP contribution in [0.5, 0.6) is 17.2 Å². The summed E-state index contributed by atoms with van der Waals surface area (Å²) in [5, 5.41) is 3.83. The molecule has 8 heteroatoms. The molecule has 0 aliphatic heterocycles. The Balaban J connectivity index is 2.35. The number of methoxy groups -OCH3 is 3. The normalized spacial score (nSPS) is 12.4. The molecule has 1 N–H and O–H groups in total. The lowest BCUT2D eigenvalue weighted by Crippen LogP contribution is -2.49. The molecule has 1 amide bonds. The fourth-order valence-electron chi connectivity index (χ4n) is 3.73. The average molecular weight is 451 g/mol. The van der Waals surface area contributed by atoms with Crippen LogP contribution in [0.1, 0.15) is 19.4 Å². The van der Waals surface area contributed by atoms with Crippen molar-refractivity contribution >= 4 is 34.1 Å². The molecule has 8 nitrogen and oxygen atoms in total. The molecular formula is C25H25NO7. The van der Waals surface area contributed by atoms with E-state index in [2.05, 4.69) is 5.32 Å². The fourth-order valence-corrected chi connectivity index (χ4v) is 3.73. The van der Waals surface area contributed by atoms with Crippen LogP contribution in [0.2, 0.25) is 0 Å². The zero-order valence-electron chi connectivity index (χ0n) is 19.1. The number of anilines is 1. The Morgan fingerprint density at radius 2 is 1.48 bits per heavy atom. The number of nitrogens with one attached hydrogen (secondary N) is 1. The summed E-state index contributed by atoms with van der Waals surface area (Å²) < 4.78 is 21.7. The molecule has 0 spiro atoms. The number of benzene rings is 3. The quantitative estimate of drug-likeness (QED) is 0.410. The van der Waals surface area contributed by atoms with Crippen molar-refractivity contribution in [2.75, 3.05) is 26.6 Å². The number of ketones is 1. The summed E-state index contributed by atoms with van der Waals surface area (Å²) >= 11 is 0. The van der Waals surface area contributed by atoms with Crippen molar-refractivity contribution in [1.29, 1.82) is 0 Å². The number of rotatable bonds is 8. The zero-order chi connectivity index (χ0) is 24.2. The first kappa shape index (κ1) is 23.6. The van der Waals surface area contributed by atoms with Gasteiger partial charge < -0.3 is 24.3 Å². The molecule has 3 aromatic rings. The monoisotopic (exact) mass is 451 g/mol. The Morgan fingerprint density at radius 1 is 0.818 bits per heavy atom. The highest BCUT2D eigenvalue weighted by Crippen LogP contribution is 2.42. The Bertz CT molecular complexity index is 1220. The van der Waals surface area contributed by atoms with E-state index in [4.69, 9.17) is 18.9 Å². The van der Waals surface area contributed by atoms with Gasteiger partial charge in [-0.2, -0.15) is 0 Å². The molecule has 3 rings (SSSR count). The van der Waals surface area contributed by atoms with Crippen LogP contribution < -0.4 is 19.5 Å². The first-order valence-electron chi connectivity index (χ1n) is 10.1. The van der Waals surface area contributed by atoms with Gasteiger partial charge in [0.15, 0.2) is 5.78 Å². The van der Waals surface area contributed by atoms with E-state index in [0.717, 1.165) is 6.92 Å². The van der Waals surface area contributed by atoms with Crippen molar-refractivity contribution in [3.05, 3.63) is 60.2 Å². The number of amides is 1. The predicted molar refractivity (Wildman–Crippen MR) is 123 cm³/mol. The zero-order valence-corrected chi connectivity index (χ0v) is 19.1. The third-order valence-electron chi connectivity index (χ3n) is 5.23. The lowest BCUT2D eigenvalue weighted by atomic mass is 9.84. The van der Waals surface area contributed by atoms with Crippen molar-refractivity contribution in [2.24, 2.45) is 0 Å². The van der Waals surface area contributed by atoms with Crippen LogP contribution >= 0.6 is 0 Å². The molecule has 0 aromatic heterocycles. The number of ether oxygens (including phenoxy) is 4. The number of Topliss-reactive ketones (excluding diaryl/α,β-unsaturated/α-hetero) is 1. The van der Waals surface area contributed by atoms with E-state index in [9.17, 15) is 14.4 Å². The van der Waals surface area contributed by atoms with Gasteiger partial charge in [0.25, 0.3) is 11.5 Å². The van der Waals surface area contributed by atoms with E-state index in [1.807, 2.05) is 0 Å². The average Bonchev–Trinajstić information content (AvgIpc) is 2.81. The van der Waals surface area contributed by atoms with Crippen molar-refractivity contribution in [1.82, 2.24) is 0 Å². The molecule has 0 bridgehead atoms. The van der Waals surface area contributed by atoms with Crippen LogP contribution in [-0.2, 0) is 24.7 Å². The largest absolute Gasteiger partial charge is 0.497 e. The van der Waals surface area contributed by atoms with E-state index in [1.165, 1.54) is 28.3 Å². The minimum absolute atomic E-state index is 0.0940. The molecule has 3 aromatic carbocycles. The first-order valence-corrected chi connectivity index (χ1v) is 10.1. The lowest BCUT2D eigenvalue weighted by molar-refractivity contribution is -0.171. The van der Waals surface area contributed by atoms with Crippen molar-refractivity contribution in [3.8, 4) is 17.2 Å². The van der Waals surface area contributed by atoms with Crippen molar-refractivity contribution in [3.63, 3.8) is 0 Å². The Hall–Kier alpha value is -4.07. The number of hydrogen-bond donors (Lipinski definition) is 1. The second-order valence-electron chi connectivity index (χ2n) is 7.22. The minimum Gasteiger partial charge on any atom is -0.497 e. The van der Waals surface area contributed by atoms with Crippen LogP contribution in [0.3, 0.4) is 0 Å². The van der Waals surface area contributed by atoms with E-state index in [1.54, 1.807) is 54.6 Å². The van der Waals surface area contributed by atoms with Gasteiger partial charge in [-0.25, -0.2) is 0 Å². The van der Waals surface area contributed by atoms with Gasteiger partial charge in [0.05, 0.1) is 32.6 Å². The highest BCUT2D eigenvalue weighted by atomic mass is 16.6. The van der Waals surface area contributed by atoms with E-state index >= 15 is 0 Å². The van der Waals surface area contributed by atoms with E-state index in [-0.39, 0.29) is 11.3 Å². The molecule has 0 aliphatic carbocycles. The number of para-hydroxylation sites is 2. The molecule has 33 heavy (non-hydrogen) atoms. The summed E-state index contributed by atoms with van der Waals surface area (Å²) in [6.45, 7) is 2.31. The summed E-state index contributed by atoms with van der Waals surface area (Å²) in [4.78, 5) is 39.2. The molecule has 0 aliphatic rings. The smallest absolute Gasteiger partial charge is 0.304 e. The van der Waals surface area contributed by atoms with Gasteiger partial charge in [-0.3, -0.25) is 14.4 Å². The SMILES string of the molecule is COc1ccc2ccc(OC)c([C@](OC(C)=O)(C(C)=O)C(=O)Nc3ccccc3OC)c2c1. The van der Waals surface area contributed by atoms with Gasteiger partial charge in [0.2, 0.25) is 0 Å². The summed E-state index contributed by atoms with van der Waals surface area (Å²) in [6.07, 6.45) is 0. The Kier molecular flexibility index (Phi) is 6.86. The second kappa shape index (κ2) is 9.60. The maximum Gasteiger partial charge on any atom is 0.304 e. The third-order valence-corrected chi connectivity index (χ3v) is 5.23. The summed E-state index contributed by atoms with van der Waals surface area (Å²) in [6, 6.07) is 15.3. The minimum atomic E-state index is -2.34. The van der Waals surface area contributed by atoms with Gasteiger partial charge in [0, 0.05) is 6.92 Å². The van der Waals surface area contributed by atoms with Gasteiger partial charge in [-0.1, -0.05) is 24.3 Å². The molecule has 0 saturated heterocycles. The first-order chi connectivity index (χ1) is 15.8. The molecule has 0 radical (unpaired) electrons. The molecular weight excluding hydrogens is 426 g/mol. The number of fused-ring (bicyclic) bond motifs is 1. The van der Waals surface area contributed by atoms with Crippen LogP contribution in [0.15, 0.2) is 54.6 Å². The molecule has 0 unspecified atom stereocenters. The van der Waals surface area contributed by atoms with Crippen LogP contribution in [0.25, 0.3) is 10.8 Å². The topological polar surface area (TPSA) is 100 Å². The number of carbonyl (C=O) groups excluding carboxylic acids is 3. The van der Waals surface area contributed by atoms with Crippen LogP contribution in [-0.4, -0.2) is 39.0 Å². The Morgan fingerprint density at radius 3 is 2.09 bits per heavy atom. The summed E-state index contributed by atoms with van der Waals surface area (Å²) in [5.41, 5.74) is -1.94. The van der Waals surface area contributed by atoms with Gasteiger partial charge >= 0.3 is 5.97 Å². The highest BCUT2D eigenvalue weighted by Gasteiger charge is 2.52. The maximum absolute atomic E-state index is 13.8. The fraction of sp³-hybridized carbons (Fsp3) is 0.240. The standard InChI is InChI=1S/C25H25NO7/c1-15(27)25(33-16(2)28,24(29)26-20-8-6-7-9-21(20)31-4)23-19-14-18(30-3)12-10-17(19)11-13-22(23)32-5/h6-14H,1-5H3,(H,26,29)/t25-/m1/s1. The highest BCUT2D eigenvalue weighted by molar-refractivity contribution is 6.18. The van der Waals surface area contributed by atoms with Gasteiger partial charge in [-0.05, 0) is 48.0 Å². The molecule has 1 atom stereocenters. The number of carbonyl (C=O) groups is 3. The van der Waals surface area contributed by atoms with Gasteiger partial charge in [0.1, 0.15) is 17.2 Å². The molecule has 0 saturated carbocycles. The molecule has 0 fully saturated rings. The van der Waals surface area contributed by atoms with Crippen LogP contribution in [0, 0.1) is 0 Å². The number of esters is 1. The lowest BCUT2D eigenvalue weighted by Gasteiger charge is -2.32. The van der Waals surface area contributed by atoms with Crippen molar-refractivity contribution in [2.45, 2.75) is 19.4 Å². The second-order valence-corrected chi connectivity index (χ2v) is 7.22. The van der Waals surface area contributed by atoms with Crippen molar-refractivity contribution < 1.29 is 33.3 Å². The van der Waals surface area contributed by atoms with Gasteiger partial charge in [-0.15, -0.1) is 0 Å². The maximum atomic E-state index is 13.8. The Labute approximate surface area is 191 Å². The van der Waals surface area contributed by atoms with Crippen LogP contribution in [0.4, 0.5) is 5.69 Å². The van der Waals surface area contributed by atoms with E-state index in [0.29, 0.717) is 28.0 Å². The molecule has 172 valence electrons. The predicted octanol–water partition coefficient (Wildman–Crippen LogP) is 3.85. The molecule has 0 heterocycles. The summed E-state index contributed by atoms with van der Waals surface area (Å²) in [7, 11) is 4.36. The third kappa shape index (κ3) is 4.32. The van der Waals surface area contributed by atoms with E-state index < -0.39 is 23.3 Å². The summed E-state index contributed by atoms with van der Waals surface area (Å²) in [5.74, 6) is -1.34. The number of hydrogen-bond acceptors (Lipinski definition) is 7.